The summed E-state index contributed by atoms with van der Waals surface area (Å²) < 4.78 is 20.1. The van der Waals surface area contributed by atoms with Gasteiger partial charge in [-0.15, -0.1) is 11.3 Å². The number of fused-ring (bicyclic) bond motifs is 1. The summed E-state index contributed by atoms with van der Waals surface area (Å²) in [4.78, 5) is 16.7. The Morgan fingerprint density at radius 3 is 3.00 bits per heavy atom. The molecule has 2 aromatic heterocycles. The number of aromatic nitrogens is 1. The van der Waals surface area contributed by atoms with Crippen molar-refractivity contribution >= 4 is 28.8 Å². The van der Waals surface area contributed by atoms with Crippen LogP contribution in [0.5, 0.6) is 5.75 Å². The van der Waals surface area contributed by atoms with Crippen molar-refractivity contribution in [2.24, 2.45) is 0 Å². The van der Waals surface area contributed by atoms with E-state index < -0.39 is 5.82 Å². The average Bonchev–Trinajstić information content (AvgIpc) is 3.26. The molecule has 1 N–H and O–H groups in total. The highest BCUT2D eigenvalue weighted by atomic mass is 35.5. The first-order valence-corrected chi connectivity index (χ1v) is 9.28. The molecule has 1 aliphatic heterocycles. The molecule has 1 amide bonds. The summed E-state index contributed by atoms with van der Waals surface area (Å²) in [7, 11) is 0. The van der Waals surface area contributed by atoms with Crippen molar-refractivity contribution in [1.82, 2.24) is 10.3 Å². The third-order valence-corrected chi connectivity index (χ3v) is 5.50. The Balaban J connectivity index is 1.46. The highest BCUT2D eigenvalue weighted by Crippen LogP contribution is 2.35. The van der Waals surface area contributed by atoms with Gasteiger partial charge in [0.15, 0.2) is 11.6 Å². The van der Waals surface area contributed by atoms with Crippen LogP contribution in [0.4, 0.5) is 4.39 Å². The summed E-state index contributed by atoms with van der Waals surface area (Å²) in [5, 5.41) is 4.98. The first kappa shape index (κ1) is 17.0. The van der Waals surface area contributed by atoms with E-state index in [0.29, 0.717) is 16.3 Å². The number of benzene rings is 1. The van der Waals surface area contributed by atoms with E-state index in [1.807, 2.05) is 18.2 Å². The van der Waals surface area contributed by atoms with Gasteiger partial charge in [0.1, 0.15) is 11.0 Å². The molecule has 4 nitrogen and oxygen atoms in total. The number of thiophene rings is 1. The van der Waals surface area contributed by atoms with Gasteiger partial charge >= 0.3 is 0 Å². The Bertz CT molecular complexity index is 961. The van der Waals surface area contributed by atoms with E-state index in [0.717, 1.165) is 16.7 Å². The number of halogens is 2. The zero-order chi connectivity index (χ0) is 18.1. The van der Waals surface area contributed by atoms with Crippen LogP contribution in [0.15, 0.2) is 48.1 Å². The summed E-state index contributed by atoms with van der Waals surface area (Å²) in [6.45, 7) is 0.281. The Morgan fingerprint density at radius 2 is 2.27 bits per heavy atom. The quantitative estimate of drug-likeness (QED) is 0.723. The predicted molar refractivity (Wildman–Crippen MR) is 99.4 cm³/mol. The van der Waals surface area contributed by atoms with Gasteiger partial charge in [-0.2, -0.15) is 0 Å². The summed E-state index contributed by atoms with van der Waals surface area (Å²) in [6.07, 6.45) is 3.58. The maximum atomic E-state index is 14.4. The third-order valence-electron chi connectivity index (χ3n) is 4.16. The molecule has 1 atom stereocenters. The van der Waals surface area contributed by atoms with Crippen molar-refractivity contribution in [2.75, 3.05) is 6.54 Å². The monoisotopic (exact) mass is 388 g/mol. The summed E-state index contributed by atoms with van der Waals surface area (Å²) >= 11 is 7.24. The fraction of sp³-hybridized carbons (Fsp3) is 0.158. The lowest BCUT2D eigenvalue weighted by Gasteiger charge is -2.11. The standard InChI is InChI=1S/C19H14ClFN2O2S/c20-15-3-5-26-18(15)19(24)23-10-14-7-13-6-12(8-16(21)17(13)25-14)11-2-1-4-22-9-11/h1-6,8-9,14H,7,10H2,(H,23,24). The molecule has 1 unspecified atom stereocenters. The summed E-state index contributed by atoms with van der Waals surface area (Å²) in [5.41, 5.74) is 2.39. The largest absolute Gasteiger partial charge is 0.485 e. The van der Waals surface area contributed by atoms with Crippen LogP contribution < -0.4 is 10.1 Å². The van der Waals surface area contributed by atoms with E-state index in [-0.39, 0.29) is 24.3 Å². The number of pyridine rings is 1. The molecule has 3 heterocycles. The second-order valence-electron chi connectivity index (χ2n) is 5.94. The number of rotatable bonds is 4. The van der Waals surface area contributed by atoms with Gasteiger partial charge in [-0.1, -0.05) is 17.7 Å². The van der Waals surface area contributed by atoms with Gasteiger partial charge < -0.3 is 10.1 Å². The van der Waals surface area contributed by atoms with E-state index in [2.05, 4.69) is 10.3 Å². The van der Waals surface area contributed by atoms with Gasteiger partial charge in [0, 0.05) is 29.9 Å². The van der Waals surface area contributed by atoms with Crippen molar-refractivity contribution in [3.8, 4) is 16.9 Å². The zero-order valence-corrected chi connectivity index (χ0v) is 15.1. The highest BCUT2D eigenvalue weighted by molar-refractivity contribution is 7.12. The average molecular weight is 389 g/mol. The second kappa shape index (κ2) is 7.05. The number of ether oxygens (including phenoxy) is 1. The van der Waals surface area contributed by atoms with Crippen LogP contribution in [0.3, 0.4) is 0 Å². The number of nitrogens with zero attached hydrogens (tertiary/aromatic N) is 1. The van der Waals surface area contributed by atoms with Crippen LogP contribution in [0.25, 0.3) is 11.1 Å². The molecular weight excluding hydrogens is 375 g/mol. The molecule has 3 aromatic rings. The van der Waals surface area contributed by atoms with Gasteiger partial charge in [0.2, 0.25) is 0 Å². The topological polar surface area (TPSA) is 51.2 Å². The van der Waals surface area contributed by atoms with E-state index >= 15 is 0 Å². The minimum Gasteiger partial charge on any atom is -0.485 e. The molecular formula is C19H14ClFN2O2S. The van der Waals surface area contributed by atoms with Crippen molar-refractivity contribution in [2.45, 2.75) is 12.5 Å². The number of hydrogen-bond acceptors (Lipinski definition) is 4. The van der Waals surface area contributed by atoms with E-state index in [1.54, 1.807) is 23.8 Å². The van der Waals surface area contributed by atoms with Crippen LogP contribution in [-0.2, 0) is 6.42 Å². The molecule has 0 saturated carbocycles. The first-order valence-electron chi connectivity index (χ1n) is 8.02. The van der Waals surface area contributed by atoms with Crippen molar-refractivity contribution in [1.29, 1.82) is 0 Å². The van der Waals surface area contributed by atoms with Gasteiger partial charge in [-0.25, -0.2) is 4.39 Å². The van der Waals surface area contributed by atoms with Crippen LogP contribution in [-0.4, -0.2) is 23.5 Å². The fourth-order valence-corrected chi connectivity index (χ4v) is 4.00. The second-order valence-corrected chi connectivity index (χ2v) is 7.26. The lowest BCUT2D eigenvalue weighted by Crippen LogP contribution is -2.34. The summed E-state index contributed by atoms with van der Waals surface area (Å²) in [5.74, 6) is -0.399. The number of carbonyl (C=O) groups excluding carboxylic acids is 1. The van der Waals surface area contributed by atoms with E-state index in [1.165, 1.54) is 17.4 Å². The summed E-state index contributed by atoms with van der Waals surface area (Å²) in [6, 6.07) is 8.73. The van der Waals surface area contributed by atoms with Crippen LogP contribution in [0.2, 0.25) is 5.02 Å². The fourth-order valence-electron chi connectivity index (χ4n) is 2.94. The maximum absolute atomic E-state index is 14.4. The maximum Gasteiger partial charge on any atom is 0.263 e. The molecule has 0 saturated heterocycles. The predicted octanol–water partition coefficient (Wildman–Crippen LogP) is 4.34. The SMILES string of the molecule is O=C(NCC1Cc2cc(-c3cccnc3)cc(F)c2O1)c1sccc1Cl. The van der Waals surface area contributed by atoms with E-state index in [9.17, 15) is 9.18 Å². The number of nitrogens with one attached hydrogen (secondary N) is 1. The molecule has 4 rings (SSSR count). The Hall–Kier alpha value is -2.44. The number of hydrogen-bond donors (Lipinski definition) is 1. The number of amides is 1. The number of carbonyl (C=O) groups is 1. The highest BCUT2D eigenvalue weighted by Gasteiger charge is 2.27. The molecule has 0 spiro atoms. The van der Waals surface area contributed by atoms with Crippen LogP contribution in [0.1, 0.15) is 15.2 Å². The zero-order valence-electron chi connectivity index (χ0n) is 13.5. The Labute approximate surface area is 158 Å². The van der Waals surface area contributed by atoms with Crippen molar-refractivity contribution in [3.63, 3.8) is 0 Å². The van der Waals surface area contributed by atoms with Gasteiger partial charge in [0.05, 0.1) is 11.6 Å². The Morgan fingerprint density at radius 1 is 1.38 bits per heavy atom. The van der Waals surface area contributed by atoms with E-state index in [4.69, 9.17) is 16.3 Å². The van der Waals surface area contributed by atoms with Gasteiger partial charge in [0.25, 0.3) is 5.91 Å². The molecule has 7 heteroatoms. The lowest BCUT2D eigenvalue weighted by molar-refractivity contribution is 0.0937. The van der Waals surface area contributed by atoms with Crippen LogP contribution >= 0.6 is 22.9 Å². The third kappa shape index (κ3) is 3.30. The first-order chi connectivity index (χ1) is 12.6. The smallest absolute Gasteiger partial charge is 0.263 e. The Kier molecular flexibility index (Phi) is 4.61. The van der Waals surface area contributed by atoms with Gasteiger partial charge in [-0.05, 0) is 35.2 Å². The van der Waals surface area contributed by atoms with Crippen LogP contribution in [0, 0.1) is 5.82 Å². The minimum atomic E-state index is -0.406. The molecule has 26 heavy (non-hydrogen) atoms. The normalized spacial score (nSPS) is 15.4. The molecule has 1 aliphatic rings. The lowest BCUT2D eigenvalue weighted by atomic mass is 10.0. The molecule has 0 fully saturated rings. The van der Waals surface area contributed by atoms with Crippen molar-refractivity contribution < 1.29 is 13.9 Å². The molecule has 132 valence electrons. The van der Waals surface area contributed by atoms with Crippen molar-refractivity contribution in [3.05, 3.63) is 69.4 Å². The molecule has 0 bridgehead atoms. The van der Waals surface area contributed by atoms with Gasteiger partial charge in [-0.3, -0.25) is 9.78 Å². The molecule has 1 aromatic carbocycles. The molecule has 0 radical (unpaired) electrons. The molecule has 0 aliphatic carbocycles. The minimum absolute atomic E-state index is 0.249.